The first-order chi connectivity index (χ1) is 8.39. The molecule has 1 unspecified atom stereocenters. The van der Waals surface area contributed by atoms with Crippen molar-refractivity contribution in [1.29, 1.82) is 0 Å². The summed E-state index contributed by atoms with van der Waals surface area (Å²) in [6, 6.07) is 0. The van der Waals surface area contributed by atoms with Gasteiger partial charge in [-0.2, -0.15) is 8.78 Å². The second-order valence-electron chi connectivity index (χ2n) is 3.98. The molecule has 0 fully saturated rings. The fourth-order valence-electron chi connectivity index (χ4n) is 1.88. The third kappa shape index (κ3) is 2.99. The monoisotopic (exact) mass is 284 g/mol. The fourth-order valence-corrected chi connectivity index (χ4v) is 3.52. The van der Waals surface area contributed by atoms with Gasteiger partial charge in [0.15, 0.2) is 0 Å². The van der Waals surface area contributed by atoms with Crippen molar-refractivity contribution in [2.24, 2.45) is 0 Å². The average Bonchev–Trinajstić information content (AvgIpc) is 2.29. The van der Waals surface area contributed by atoms with Crippen LogP contribution in [-0.2, 0) is 13.6 Å². The maximum Gasteiger partial charge on any atom is 0.404 e. The van der Waals surface area contributed by atoms with E-state index in [0.29, 0.717) is 12.8 Å². The minimum absolute atomic E-state index is 0.143. The first kappa shape index (κ1) is 15.8. The van der Waals surface area contributed by atoms with Gasteiger partial charge in [-0.25, -0.2) is 0 Å². The third-order valence-electron chi connectivity index (χ3n) is 2.69. The van der Waals surface area contributed by atoms with E-state index in [0.717, 1.165) is 0 Å². The summed E-state index contributed by atoms with van der Waals surface area (Å²) in [5, 5.41) is 9.62. The molecule has 0 spiro atoms. The molecule has 0 heterocycles. The maximum atomic E-state index is 14.2. The number of hydrogen-bond donors (Lipinski definition) is 1. The van der Waals surface area contributed by atoms with Crippen LogP contribution in [0.15, 0.2) is 11.6 Å². The van der Waals surface area contributed by atoms with Gasteiger partial charge >= 0.3 is 13.3 Å². The lowest BCUT2D eigenvalue weighted by molar-refractivity contribution is 0.0409. The van der Waals surface area contributed by atoms with Crippen LogP contribution in [0.1, 0.15) is 33.1 Å². The van der Waals surface area contributed by atoms with Crippen molar-refractivity contribution >= 4 is 7.60 Å². The van der Waals surface area contributed by atoms with E-state index in [9.17, 15) is 18.5 Å². The minimum Gasteiger partial charge on any atom is -0.389 e. The Morgan fingerprint density at radius 2 is 2.00 bits per heavy atom. The molecular weight excluding hydrogens is 265 g/mol. The largest absolute Gasteiger partial charge is 0.404 e. The second-order valence-corrected chi connectivity index (χ2v) is 6.05. The Morgan fingerprint density at radius 3 is 2.44 bits per heavy atom. The van der Waals surface area contributed by atoms with Crippen molar-refractivity contribution in [1.82, 2.24) is 0 Å². The summed E-state index contributed by atoms with van der Waals surface area (Å²) in [5.41, 5.74) is -4.32. The molecule has 1 rings (SSSR count). The number of alkyl halides is 2. The molecule has 0 bridgehead atoms. The molecule has 18 heavy (non-hydrogen) atoms. The summed E-state index contributed by atoms with van der Waals surface area (Å²) in [4.78, 5) is 0. The quantitative estimate of drug-likeness (QED) is 0.600. The second kappa shape index (κ2) is 6.24. The van der Waals surface area contributed by atoms with Crippen LogP contribution in [0.5, 0.6) is 0 Å². The van der Waals surface area contributed by atoms with Crippen LogP contribution >= 0.6 is 7.60 Å². The average molecular weight is 284 g/mol. The van der Waals surface area contributed by atoms with Gasteiger partial charge < -0.3 is 14.2 Å². The maximum absolute atomic E-state index is 14.2. The summed E-state index contributed by atoms with van der Waals surface area (Å²) < 4.78 is 50.0. The van der Waals surface area contributed by atoms with E-state index in [-0.39, 0.29) is 19.6 Å². The van der Waals surface area contributed by atoms with Crippen LogP contribution in [0.4, 0.5) is 8.78 Å². The molecule has 0 aliphatic heterocycles. The molecule has 7 heteroatoms. The molecule has 0 radical (unpaired) electrons. The number of allylic oxidation sites excluding steroid dienone is 1. The van der Waals surface area contributed by atoms with E-state index in [4.69, 9.17) is 0 Å². The van der Waals surface area contributed by atoms with Crippen LogP contribution in [0.2, 0.25) is 0 Å². The summed E-state index contributed by atoms with van der Waals surface area (Å²) in [6.45, 7) is 2.65. The van der Waals surface area contributed by atoms with Crippen LogP contribution in [0.3, 0.4) is 0 Å². The van der Waals surface area contributed by atoms with Crippen molar-refractivity contribution in [2.75, 3.05) is 13.2 Å². The van der Waals surface area contributed by atoms with Gasteiger partial charge in [0.2, 0.25) is 0 Å². The molecule has 0 saturated carbocycles. The normalized spacial score (nSPS) is 21.8. The minimum atomic E-state index is -4.59. The molecule has 0 saturated heterocycles. The van der Waals surface area contributed by atoms with E-state index < -0.39 is 24.9 Å². The van der Waals surface area contributed by atoms with Gasteiger partial charge in [-0.05, 0) is 33.1 Å². The van der Waals surface area contributed by atoms with Crippen molar-refractivity contribution in [2.45, 2.75) is 44.9 Å². The van der Waals surface area contributed by atoms with Gasteiger partial charge in [0, 0.05) is 5.57 Å². The summed E-state index contributed by atoms with van der Waals surface area (Å²) >= 11 is 0. The van der Waals surface area contributed by atoms with Crippen LogP contribution < -0.4 is 0 Å². The van der Waals surface area contributed by atoms with Crippen LogP contribution in [0.25, 0.3) is 0 Å². The zero-order valence-electron chi connectivity index (χ0n) is 10.6. The van der Waals surface area contributed by atoms with Crippen molar-refractivity contribution in [3.63, 3.8) is 0 Å². The van der Waals surface area contributed by atoms with Gasteiger partial charge in [0.05, 0.1) is 19.3 Å². The number of aliphatic hydroxyl groups is 1. The predicted octanol–water partition coefficient (Wildman–Crippen LogP) is 3.32. The molecule has 106 valence electrons. The van der Waals surface area contributed by atoms with Crippen molar-refractivity contribution in [3.8, 4) is 0 Å². The molecule has 1 aliphatic carbocycles. The highest BCUT2D eigenvalue weighted by Crippen LogP contribution is 2.65. The number of hydrogen-bond acceptors (Lipinski definition) is 4. The molecule has 0 aromatic rings. The first-order valence-electron chi connectivity index (χ1n) is 6.04. The molecule has 4 nitrogen and oxygen atoms in total. The Balaban J connectivity index is 3.08. The Morgan fingerprint density at radius 1 is 1.44 bits per heavy atom. The van der Waals surface area contributed by atoms with Crippen LogP contribution in [0, 0.1) is 0 Å². The number of rotatable bonds is 6. The Labute approximate surface area is 106 Å². The molecular formula is C11H19F2O4P. The lowest BCUT2D eigenvalue weighted by Crippen LogP contribution is -2.31. The van der Waals surface area contributed by atoms with E-state index in [2.05, 4.69) is 9.05 Å². The van der Waals surface area contributed by atoms with Crippen LogP contribution in [-0.4, -0.2) is 30.1 Å². The summed E-state index contributed by atoms with van der Waals surface area (Å²) in [6.07, 6.45) is 1.25. The molecule has 0 aromatic heterocycles. The lowest BCUT2D eigenvalue weighted by Gasteiger charge is -2.31. The SMILES string of the molecule is CCOP(=O)(OCC)C(F)(F)C1=CCCCC1O. The molecule has 0 amide bonds. The molecule has 1 aliphatic rings. The van der Waals surface area contributed by atoms with E-state index in [1.165, 1.54) is 19.9 Å². The lowest BCUT2D eigenvalue weighted by atomic mass is 9.97. The molecule has 0 aromatic carbocycles. The van der Waals surface area contributed by atoms with Gasteiger partial charge in [-0.1, -0.05) is 6.08 Å². The Kier molecular flexibility index (Phi) is 5.46. The zero-order valence-corrected chi connectivity index (χ0v) is 11.5. The first-order valence-corrected chi connectivity index (χ1v) is 7.59. The van der Waals surface area contributed by atoms with E-state index in [1.54, 1.807) is 0 Å². The number of aliphatic hydroxyl groups excluding tert-OH is 1. The van der Waals surface area contributed by atoms with Gasteiger partial charge in [-0.3, -0.25) is 4.57 Å². The van der Waals surface area contributed by atoms with E-state index in [1.807, 2.05) is 0 Å². The fraction of sp³-hybridized carbons (Fsp3) is 0.818. The topological polar surface area (TPSA) is 55.8 Å². The molecule has 1 N–H and O–H groups in total. The highest BCUT2D eigenvalue weighted by Gasteiger charge is 2.57. The highest BCUT2D eigenvalue weighted by atomic mass is 31.2. The Hall–Kier alpha value is -0.290. The Bertz CT molecular complexity index is 347. The summed E-state index contributed by atoms with van der Waals surface area (Å²) in [5.74, 6) is 0. The van der Waals surface area contributed by atoms with E-state index >= 15 is 0 Å². The highest BCUT2D eigenvalue weighted by molar-refractivity contribution is 7.55. The standard InChI is InChI=1S/C11H19F2O4P/c1-3-16-18(15,17-4-2)11(12,13)9-7-5-6-8-10(9)14/h7,10,14H,3-6,8H2,1-2H3. The van der Waals surface area contributed by atoms with Crippen molar-refractivity contribution in [3.05, 3.63) is 11.6 Å². The van der Waals surface area contributed by atoms with Gasteiger partial charge in [0.1, 0.15) is 0 Å². The third-order valence-corrected chi connectivity index (χ3v) is 4.84. The van der Waals surface area contributed by atoms with Gasteiger partial charge in [-0.15, -0.1) is 0 Å². The van der Waals surface area contributed by atoms with Crippen molar-refractivity contribution < 1.29 is 27.5 Å². The number of halogens is 2. The molecule has 1 atom stereocenters. The smallest absolute Gasteiger partial charge is 0.389 e. The van der Waals surface area contributed by atoms with Gasteiger partial charge in [0.25, 0.3) is 0 Å². The summed E-state index contributed by atoms with van der Waals surface area (Å²) in [7, 11) is -4.59. The zero-order chi connectivity index (χ0) is 13.8. The predicted molar refractivity (Wildman–Crippen MR) is 63.7 cm³/mol.